The third-order valence-corrected chi connectivity index (χ3v) is 5.32. The molecular weight excluding hydrogens is 350 g/mol. The van der Waals surface area contributed by atoms with Gasteiger partial charge in [0.25, 0.3) is 0 Å². The van der Waals surface area contributed by atoms with Gasteiger partial charge in [-0.2, -0.15) is 0 Å². The van der Waals surface area contributed by atoms with Gasteiger partial charge >= 0.3 is 0 Å². The molecule has 7 heteroatoms. The van der Waals surface area contributed by atoms with Gasteiger partial charge in [0.1, 0.15) is 0 Å². The maximum atomic E-state index is 12.6. The summed E-state index contributed by atoms with van der Waals surface area (Å²) in [6.45, 7) is 4.98. The Morgan fingerprint density at radius 3 is 2.92 bits per heavy atom. The summed E-state index contributed by atoms with van der Waals surface area (Å²) < 4.78 is 12.8. The van der Waals surface area contributed by atoms with E-state index in [0.717, 1.165) is 22.7 Å². The molecule has 0 spiro atoms. The number of hydrogen-bond acceptors (Lipinski definition) is 5. The van der Waals surface area contributed by atoms with Crippen LogP contribution in [0.1, 0.15) is 13.8 Å². The number of imidazole rings is 1. The Labute approximate surface area is 155 Å². The van der Waals surface area contributed by atoms with E-state index in [-0.39, 0.29) is 18.0 Å². The molecule has 1 aliphatic rings. The fourth-order valence-electron chi connectivity index (χ4n) is 2.88. The lowest BCUT2D eigenvalue weighted by Gasteiger charge is -2.13. The number of ether oxygens (including phenoxy) is 2. The van der Waals surface area contributed by atoms with E-state index in [1.165, 1.54) is 11.8 Å². The molecule has 0 saturated heterocycles. The summed E-state index contributed by atoms with van der Waals surface area (Å²) in [4.78, 5) is 17.3. The zero-order chi connectivity index (χ0) is 18.1. The van der Waals surface area contributed by atoms with Gasteiger partial charge in [-0.3, -0.25) is 4.79 Å². The van der Waals surface area contributed by atoms with Crippen LogP contribution in [0.15, 0.2) is 47.6 Å². The molecule has 0 saturated carbocycles. The number of carbonyl (C=O) groups is 1. The van der Waals surface area contributed by atoms with Crippen LogP contribution in [0.5, 0.6) is 11.5 Å². The minimum atomic E-state index is -0.289. The highest BCUT2D eigenvalue weighted by Crippen LogP contribution is 2.34. The SMILES string of the molecule is CCn1c(S[C@H](C)C(=O)Nc2ccc3c(c2)OCO3)nc2ccccc21. The second kappa shape index (κ2) is 6.92. The number of fused-ring (bicyclic) bond motifs is 2. The summed E-state index contributed by atoms with van der Waals surface area (Å²) in [5.74, 6) is 1.27. The van der Waals surface area contributed by atoms with Crippen molar-refractivity contribution in [1.82, 2.24) is 9.55 Å². The summed E-state index contributed by atoms with van der Waals surface area (Å²) in [5.41, 5.74) is 2.72. The van der Waals surface area contributed by atoms with E-state index in [1.54, 1.807) is 12.1 Å². The molecule has 0 fully saturated rings. The van der Waals surface area contributed by atoms with Crippen LogP contribution >= 0.6 is 11.8 Å². The number of amides is 1. The molecule has 26 heavy (non-hydrogen) atoms. The van der Waals surface area contributed by atoms with Crippen molar-refractivity contribution in [3.8, 4) is 11.5 Å². The third kappa shape index (κ3) is 3.10. The first-order chi connectivity index (χ1) is 12.7. The lowest BCUT2D eigenvalue weighted by molar-refractivity contribution is -0.115. The second-order valence-corrected chi connectivity index (χ2v) is 7.25. The summed E-state index contributed by atoms with van der Waals surface area (Å²) in [6.07, 6.45) is 0. The maximum Gasteiger partial charge on any atom is 0.237 e. The van der Waals surface area contributed by atoms with Gasteiger partial charge in [0, 0.05) is 18.3 Å². The first-order valence-corrected chi connectivity index (χ1v) is 9.36. The van der Waals surface area contributed by atoms with Crippen LogP contribution < -0.4 is 14.8 Å². The van der Waals surface area contributed by atoms with Gasteiger partial charge in [-0.15, -0.1) is 0 Å². The Hall–Kier alpha value is -2.67. The molecule has 134 valence electrons. The fraction of sp³-hybridized carbons (Fsp3) is 0.263. The van der Waals surface area contributed by atoms with E-state index in [2.05, 4.69) is 21.8 Å². The molecule has 3 aromatic rings. The largest absolute Gasteiger partial charge is 0.454 e. The third-order valence-electron chi connectivity index (χ3n) is 4.23. The van der Waals surface area contributed by atoms with Crippen LogP contribution in [-0.2, 0) is 11.3 Å². The van der Waals surface area contributed by atoms with Gasteiger partial charge in [-0.25, -0.2) is 4.98 Å². The lowest BCUT2D eigenvalue weighted by atomic mass is 10.2. The Morgan fingerprint density at radius 1 is 1.27 bits per heavy atom. The lowest BCUT2D eigenvalue weighted by Crippen LogP contribution is -2.22. The second-order valence-electron chi connectivity index (χ2n) is 5.94. The van der Waals surface area contributed by atoms with Gasteiger partial charge in [0.05, 0.1) is 16.3 Å². The molecule has 2 aromatic carbocycles. The molecule has 1 aliphatic heterocycles. The first-order valence-electron chi connectivity index (χ1n) is 8.48. The van der Waals surface area contributed by atoms with Crippen molar-refractivity contribution in [1.29, 1.82) is 0 Å². The number of aromatic nitrogens is 2. The summed E-state index contributed by atoms with van der Waals surface area (Å²) in [6, 6.07) is 13.4. The fourth-order valence-corrected chi connectivity index (χ4v) is 3.87. The van der Waals surface area contributed by atoms with Crippen LogP contribution in [-0.4, -0.2) is 27.5 Å². The van der Waals surface area contributed by atoms with E-state index in [0.29, 0.717) is 17.2 Å². The highest BCUT2D eigenvalue weighted by Gasteiger charge is 2.20. The van der Waals surface area contributed by atoms with Crippen molar-refractivity contribution in [3.63, 3.8) is 0 Å². The van der Waals surface area contributed by atoms with Gasteiger partial charge in [-0.1, -0.05) is 23.9 Å². The minimum absolute atomic E-state index is 0.0800. The topological polar surface area (TPSA) is 65.4 Å². The minimum Gasteiger partial charge on any atom is -0.454 e. The molecule has 6 nitrogen and oxygen atoms in total. The maximum absolute atomic E-state index is 12.6. The van der Waals surface area contributed by atoms with Crippen molar-refractivity contribution in [3.05, 3.63) is 42.5 Å². The number of nitrogens with one attached hydrogen (secondary N) is 1. The summed E-state index contributed by atoms with van der Waals surface area (Å²) in [5, 5.41) is 3.49. The number of aryl methyl sites for hydroxylation is 1. The average Bonchev–Trinajstić information content (AvgIpc) is 3.24. The highest BCUT2D eigenvalue weighted by atomic mass is 32.2. The van der Waals surface area contributed by atoms with E-state index in [1.807, 2.05) is 37.3 Å². The molecule has 0 bridgehead atoms. The van der Waals surface area contributed by atoms with E-state index >= 15 is 0 Å². The molecule has 2 heterocycles. The monoisotopic (exact) mass is 369 g/mol. The van der Waals surface area contributed by atoms with Crippen LogP contribution in [0, 0.1) is 0 Å². The quantitative estimate of drug-likeness (QED) is 0.691. The molecule has 1 atom stereocenters. The van der Waals surface area contributed by atoms with Crippen molar-refractivity contribution < 1.29 is 14.3 Å². The van der Waals surface area contributed by atoms with Gasteiger partial charge in [0.15, 0.2) is 16.7 Å². The molecule has 4 rings (SSSR count). The number of thioether (sulfide) groups is 1. The number of benzene rings is 2. The van der Waals surface area contributed by atoms with Crippen molar-refractivity contribution in [2.75, 3.05) is 12.1 Å². The van der Waals surface area contributed by atoms with Crippen LogP contribution in [0.3, 0.4) is 0 Å². The number of carbonyl (C=O) groups excluding carboxylic acids is 1. The molecule has 1 N–H and O–H groups in total. The molecule has 0 radical (unpaired) electrons. The van der Waals surface area contributed by atoms with Crippen LogP contribution in [0.2, 0.25) is 0 Å². The Bertz CT molecular complexity index is 970. The average molecular weight is 369 g/mol. The molecule has 0 unspecified atom stereocenters. The predicted octanol–water partition coefficient (Wildman–Crippen LogP) is 3.90. The highest BCUT2D eigenvalue weighted by molar-refractivity contribution is 8.00. The summed E-state index contributed by atoms with van der Waals surface area (Å²) in [7, 11) is 0. The van der Waals surface area contributed by atoms with Gasteiger partial charge in [0.2, 0.25) is 12.7 Å². The summed E-state index contributed by atoms with van der Waals surface area (Å²) >= 11 is 1.46. The number of anilines is 1. The first kappa shape index (κ1) is 16.8. The predicted molar refractivity (Wildman–Crippen MR) is 102 cm³/mol. The van der Waals surface area contributed by atoms with Gasteiger partial charge < -0.3 is 19.4 Å². The van der Waals surface area contributed by atoms with Gasteiger partial charge in [-0.05, 0) is 38.1 Å². The Kier molecular flexibility index (Phi) is 4.46. The number of hydrogen-bond donors (Lipinski definition) is 1. The number of para-hydroxylation sites is 2. The number of nitrogens with zero attached hydrogens (tertiary/aromatic N) is 2. The number of rotatable bonds is 5. The van der Waals surface area contributed by atoms with Crippen LogP contribution in [0.4, 0.5) is 5.69 Å². The van der Waals surface area contributed by atoms with Crippen molar-refractivity contribution >= 4 is 34.4 Å². The Balaban J connectivity index is 1.49. The zero-order valence-corrected chi connectivity index (χ0v) is 15.4. The molecule has 0 aliphatic carbocycles. The molecule has 1 aromatic heterocycles. The van der Waals surface area contributed by atoms with Crippen LogP contribution in [0.25, 0.3) is 11.0 Å². The Morgan fingerprint density at radius 2 is 2.08 bits per heavy atom. The normalized spacial score (nSPS) is 13.8. The molecule has 1 amide bonds. The smallest absolute Gasteiger partial charge is 0.237 e. The standard InChI is InChI=1S/C19H19N3O3S/c1-3-22-15-7-5-4-6-14(15)21-19(22)26-12(2)18(23)20-13-8-9-16-17(10-13)25-11-24-16/h4-10,12H,3,11H2,1-2H3,(H,20,23)/t12-/m1/s1. The van der Waals surface area contributed by atoms with E-state index < -0.39 is 0 Å². The zero-order valence-electron chi connectivity index (χ0n) is 14.6. The van der Waals surface area contributed by atoms with E-state index in [4.69, 9.17) is 9.47 Å². The van der Waals surface area contributed by atoms with Crippen molar-refractivity contribution in [2.24, 2.45) is 0 Å². The molecular formula is C19H19N3O3S. The van der Waals surface area contributed by atoms with E-state index in [9.17, 15) is 4.79 Å². The van der Waals surface area contributed by atoms with Crippen molar-refractivity contribution in [2.45, 2.75) is 30.8 Å².